The van der Waals surface area contributed by atoms with E-state index in [1.54, 1.807) is 6.07 Å². The minimum absolute atomic E-state index is 0.0137. The maximum absolute atomic E-state index is 10.6. The molecule has 1 unspecified atom stereocenters. The van der Waals surface area contributed by atoms with Gasteiger partial charge in [0.05, 0.1) is 16.3 Å². The molecule has 0 aromatic heterocycles. The molecule has 1 aromatic carbocycles. The molecule has 19 heavy (non-hydrogen) atoms. The van der Waals surface area contributed by atoms with Gasteiger partial charge in [-0.3, -0.25) is 10.1 Å². The number of rotatable bonds is 7. The largest absolute Gasteiger partial charge is 0.397 e. The van der Waals surface area contributed by atoms with Crippen molar-refractivity contribution in [3.05, 3.63) is 28.3 Å². The summed E-state index contributed by atoms with van der Waals surface area (Å²) in [7, 11) is 2.08. The van der Waals surface area contributed by atoms with Crippen LogP contribution in [0.1, 0.15) is 20.3 Å². The van der Waals surface area contributed by atoms with Crippen LogP contribution in [0.15, 0.2) is 18.2 Å². The van der Waals surface area contributed by atoms with E-state index in [9.17, 15) is 10.1 Å². The zero-order valence-electron chi connectivity index (χ0n) is 11.7. The van der Waals surface area contributed by atoms with Gasteiger partial charge in [-0.25, -0.2) is 0 Å². The number of nitrogens with zero attached hydrogens (tertiary/aromatic N) is 2. The molecule has 1 rings (SSSR count). The van der Waals surface area contributed by atoms with Crippen molar-refractivity contribution in [1.82, 2.24) is 4.90 Å². The van der Waals surface area contributed by atoms with Crippen LogP contribution in [0.3, 0.4) is 0 Å². The van der Waals surface area contributed by atoms with Gasteiger partial charge in [-0.1, -0.05) is 6.92 Å². The maximum atomic E-state index is 10.6. The van der Waals surface area contributed by atoms with Crippen LogP contribution < -0.4 is 11.1 Å². The van der Waals surface area contributed by atoms with E-state index in [2.05, 4.69) is 31.1 Å². The minimum Gasteiger partial charge on any atom is -0.397 e. The van der Waals surface area contributed by atoms with Crippen molar-refractivity contribution in [2.45, 2.75) is 26.3 Å². The summed E-state index contributed by atoms with van der Waals surface area (Å²) in [6.07, 6.45) is 1.11. The predicted molar refractivity (Wildman–Crippen MR) is 78.4 cm³/mol. The number of nitrogen functional groups attached to an aromatic ring is 1. The Morgan fingerprint density at radius 2 is 2.21 bits per heavy atom. The first-order valence-electron chi connectivity index (χ1n) is 6.43. The Labute approximate surface area is 113 Å². The Balaban J connectivity index is 2.52. The van der Waals surface area contributed by atoms with Crippen LogP contribution in [0.2, 0.25) is 0 Å². The van der Waals surface area contributed by atoms with Gasteiger partial charge in [0, 0.05) is 31.3 Å². The number of benzene rings is 1. The number of anilines is 2. The van der Waals surface area contributed by atoms with Crippen LogP contribution in [-0.4, -0.2) is 36.0 Å². The number of non-ortho nitro benzene ring substituents is 1. The van der Waals surface area contributed by atoms with Crippen LogP contribution in [-0.2, 0) is 0 Å². The third-order valence-electron chi connectivity index (χ3n) is 3.37. The van der Waals surface area contributed by atoms with Gasteiger partial charge >= 0.3 is 0 Å². The van der Waals surface area contributed by atoms with Crippen molar-refractivity contribution in [2.75, 3.05) is 31.2 Å². The number of nitro benzene ring substituents is 1. The van der Waals surface area contributed by atoms with Crippen molar-refractivity contribution in [3.8, 4) is 0 Å². The van der Waals surface area contributed by atoms with E-state index in [4.69, 9.17) is 5.73 Å². The Morgan fingerprint density at radius 1 is 1.53 bits per heavy atom. The van der Waals surface area contributed by atoms with E-state index >= 15 is 0 Å². The summed E-state index contributed by atoms with van der Waals surface area (Å²) in [6, 6.07) is 5.02. The Hall–Kier alpha value is -1.82. The fraction of sp³-hybridized carbons (Fsp3) is 0.538. The molecule has 0 heterocycles. The SMILES string of the molecule is CCC(C)N(C)CCNc1ccc([N+](=O)[O-])cc1N. The lowest BCUT2D eigenvalue weighted by molar-refractivity contribution is -0.384. The normalized spacial score (nSPS) is 12.4. The summed E-state index contributed by atoms with van der Waals surface area (Å²) < 4.78 is 0. The van der Waals surface area contributed by atoms with Gasteiger partial charge in [-0.15, -0.1) is 0 Å². The standard InChI is InChI=1S/C13H22N4O2/c1-4-10(2)16(3)8-7-15-13-6-5-11(17(18)19)9-12(13)14/h5-6,9-10,15H,4,7-8,14H2,1-3H3. The van der Waals surface area contributed by atoms with Crippen molar-refractivity contribution < 1.29 is 4.92 Å². The number of nitro groups is 1. The highest BCUT2D eigenvalue weighted by Crippen LogP contribution is 2.23. The van der Waals surface area contributed by atoms with Crippen LogP contribution in [0.5, 0.6) is 0 Å². The first kappa shape index (κ1) is 15.2. The van der Waals surface area contributed by atoms with Crippen molar-refractivity contribution in [2.24, 2.45) is 0 Å². The highest BCUT2D eigenvalue weighted by Gasteiger charge is 2.09. The number of nitrogens with two attached hydrogens (primary N) is 1. The van der Waals surface area contributed by atoms with E-state index in [-0.39, 0.29) is 5.69 Å². The van der Waals surface area contributed by atoms with E-state index in [1.165, 1.54) is 12.1 Å². The third kappa shape index (κ3) is 4.40. The fourth-order valence-corrected chi connectivity index (χ4v) is 1.72. The summed E-state index contributed by atoms with van der Waals surface area (Å²) in [4.78, 5) is 12.4. The van der Waals surface area contributed by atoms with Gasteiger partial charge in [0.15, 0.2) is 0 Å². The molecular weight excluding hydrogens is 244 g/mol. The lowest BCUT2D eigenvalue weighted by Gasteiger charge is -2.23. The van der Waals surface area contributed by atoms with Crippen LogP contribution in [0.25, 0.3) is 0 Å². The molecule has 0 aliphatic rings. The van der Waals surface area contributed by atoms with E-state index in [0.717, 1.165) is 25.2 Å². The molecule has 0 amide bonds. The quantitative estimate of drug-likeness (QED) is 0.449. The Bertz CT molecular complexity index is 437. The number of nitrogens with one attached hydrogen (secondary N) is 1. The molecule has 0 bridgehead atoms. The molecule has 0 spiro atoms. The van der Waals surface area contributed by atoms with Crippen molar-refractivity contribution >= 4 is 17.1 Å². The molecule has 6 nitrogen and oxygen atoms in total. The van der Waals surface area contributed by atoms with Crippen LogP contribution in [0.4, 0.5) is 17.1 Å². The van der Waals surface area contributed by atoms with Crippen LogP contribution in [0, 0.1) is 10.1 Å². The molecule has 1 aromatic rings. The van der Waals surface area contributed by atoms with E-state index < -0.39 is 4.92 Å². The summed E-state index contributed by atoms with van der Waals surface area (Å²) in [5.74, 6) is 0. The molecule has 0 saturated carbocycles. The summed E-state index contributed by atoms with van der Waals surface area (Å²) in [5, 5.41) is 13.8. The molecule has 106 valence electrons. The molecule has 6 heteroatoms. The molecule has 0 aliphatic carbocycles. The number of hydrogen-bond donors (Lipinski definition) is 2. The average molecular weight is 266 g/mol. The zero-order chi connectivity index (χ0) is 14.4. The smallest absolute Gasteiger partial charge is 0.271 e. The van der Waals surface area contributed by atoms with Gasteiger partial charge in [-0.2, -0.15) is 0 Å². The lowest BCUT2D eigenvalue weighted by Crippen LogP contribution is -2.32. The highest BCUT2D eigenvalue weighted by atomic mass is 16.6. The molecular formula is C13H22N4O2. The highest BCUT2D eigenvalue weighted by molar-refractivity contribution is 5.69. The molecule has 0 saturated heterocycles. The van der Waals surface area contributed by atoms with Gasteiger partial charge in [0.25, 0.3) is 5.69 Å². The second-order valence-electron chi connectivity index (χ2n) is 4.69. The number of likely N-dealkylation sites (N-methyl/N-ethyl adjacent to an activating group) is 1. The topological polar surface area (TPSA) is 84.4 Å². The van der Waals surface area contributed by atoms with Crippen LogP contribution >= 0.6 is 0 Å². The average Bonchev–Trinajstić information content (AvgIpc) is 2.39. The zero-order valence-corrected chi connectivity index (χ0v) is 11.7. The molecule has 0 aliphatic heterocycles. The van der Waals surface area contributed by atoms with E-state index in [1.807, 2.05) is 0 Å². The third-order valence-corrected chi connectivity index (χ3v) is 3.37. The predicted octanol–water partition coefficient (Wildman–Crippen LogP) is 2.32. The first-order valence-corrected chi connectivity index (χ1v) is 6.43. The Morgan fingerprint density at radius 3 is 2.74 bits per heavy atom. The van der Waals surface area contributed by atoms with Gasteiger partial charge < -0.3 is 16.0 Å². The van der Waals surface area contributed by atoms with Gasteiger partial charge in [-0.05, 0) is 26.5 Å². The second-order valence-corrected chi connectivity index (χ2v) is 4.69. The number of hydrogen-bond acceptors (Lipinski definition) is 5. The monoisotopic (exact) mass is 266 g/mol. The van der Waals surface area contributed by atoms with Crippen molar-refractivity contribution in [3.63, 3.8) is 0 Å². The Kier molecular flexibility index (Phi) is 5.57. The summed E-state index contributed by atoms with van der Waals surface area (Å²) in [5.41, 5.74) is 6.94. The second kappa shape index (κ2) is 6.94. The lowest BCUT2D eigenvalue weighted by atomic mass is 10.2. The molecule has 1 atom stereocenters. The summed E-state index contributed by atoms with van der Waals surface area (Å²) >= 11 is 0. The van der Waals surface area contributed by atoms with Gasteiger partial charge in [0.1, 0.15) is 0 Å². The van der Waals surface area contributed by atoms with E-state index in [0.29, 0.717) is 11.7 Å². The van der Waals surface area contributed by atoms with Gasteiger partial charge in [0.2, 0.25) is 0 Å². The first-order chi connectivity index (χ1) is 8.95. The molecule has 0 fully saturated rings. The fourth-order valence-electron chi connectivity index (χ4n) is 1.72. The molecule has 3 N–H and O–H groups in total. The summed E-state index contributed by atoms with van der Waals surface area (Å²) in [6.45, 7) is 5.98. The maximum Gasteiger partial charge on any atom is 0.271 e. The molecule has 0 radical (unpaired) electrons. The minimum atomic E-state index is -0.448. The van der Waals surface area contributed by atoms with Crippen molar-refractivity contribution in [1.29, 1.82) is 0 Å².